The lowest BCUT2D eigenvalue weighted by molar-refractivity contribution is 1.39. The van der Waals surface area contributed by atoms with Crippen molar-refractivity contribution in [1.82, 2.24) is 9.97 Å². The molecule has 0 saturated carbocycles. The van der Waals surface area contributed by atoms with Crippen molar-refractivity contribution in [2.24, 2.45) is 0 Å². The summed E-state index contributed by atoms with van der Waals surface area (Å²) in [6, 6.07) is 29.1. The zero-order valence-electron chi connectivity index (χ0n) is 13.0. The van der Waals surface area contributed by atoms with Crippen molar-refractivity contribution < 1.29 is 0 Å². The Kier molecular flexibility index (Phi) is 2.83. The highest BCUT2D eigenvalue weighted by atomic mass is 14.8. The lowest BCUT2D eigenvalue weighted by Crippen LogP contribution is -1.89. The zero-order valence-corrected chi connectivity index (χ0v) is 13.0. The van der Waals surface area contributed by atoms with Crippen LogP contribution in [0, 0.1) is 0 Å². The molecule has 5 rings (SSSR count). The summed E-state index contributed by atoms with van der Waals surface area (Å²) >= 11 is 0. The van der Waals surface area contributed by atoms with Crippen LogP contribution in [-0.2, 0) is 0 Å². The molecule has 2 nitrogen and oxygen atoms in total. The van der Waals surface area contributed by atoms with E-state index in [9.17, 15) is 0 Å². The number of hydrogen-bond donors (Lipinski definition) is 0. The van der Waals surface area contributed by atoms with Gasteiger partial charge < -0.3 is 0 Å². The van der Waals surface area contributed by atoms with Crippen molar-refractivity contribution in [3.8, 4) is 11.3 Å². The van der Waals surface area contributed by atoms with E-state index in [1.54, 1.807) is 0 Å². The molecule has 0 aliphatic carbocycles. The Morgan fingerprint density at radius 2 is 1.21 bits per heavy atom. The fourth-order valence-electron chi connectivity index (χ4n) is 3.19. The quantitative estimate of drug-likeness (QED) is 0.297. The number of benzene rings is 3. The van der Waals surface area contributed by atoms with Crippen molar-refractivity contribution >= 4 is 32.7 Å². The van der Waals surface area contributed by atoms with Gasteiger partial charge in [0.25, 0.3) is 0 Å². The number of para-hydroxylation sites is 1. The summed E-state index contributed by atoms with van der Waals surface area (Å²) in [5.41, 5.74) is 5.02. The summed E-state index contributed by atoms with van der Waals surface area (Å²) in [7, 11) is 0. The van der Waals surface area contributed by atoms with Crippen molar-refractivity contribution in [2.75, 3.05) is 0 Å². The predicted molar refractivity (Wildman–Crippen MR) is 100.0 cm³/mol. The molecule has 0 N–H and O–H groups in total. The van der Waals surface area contributed by atoms with Gasteiger partial charge >= 0.3 is 0 Å². The van der Waals surface area contributed by atoms with Crippen LogP contribution in [0.3, 0.4) is 0 Å². The van der Waals surface area contributed by atoms with Gasteiger partial charge in [-0.1, -0.05) is 66.7 Å². The summed E-state index contributed by atoms with van der Waals surface area (Å²) in [5.74, 6) is 0. The van der Waals surface area contributed by atoms with Crippen molar-refractivity contribution in [3.05, 3.63) is 84.9 Å². The van der Waals surface area contributed by atoms with Crippen molar-refractivity contribution in [2.45, 2.75) is 0 Å². The van der Waals surface area contributed by atoms with Gasteiger partial charge in [0.15, 0.2) is 0 Å². The van der Waals surface area contributed by atoms with Gasteiger partial charge in [-0.25, -0.2) is 9.97 Å². The predicted octanol–water partition coefficient (Wildman–Crippen LogP) is 5.60. The van der Waals surface area contributed by atoms with E-state index < -0.39 is 0 Å². The smallest absolute Gasteiger partial charge is 0.0972 e. The monoisotopic (exact) mass is 306 g/mol. The topological polar surface area (TPSA) is 25.8 Å². The molecule has 2 heterocycles. The van der Waals surface area contributed by atoms with Gasteiger partial charge in [0.05, 0.1) is 22.2 Å². The molecular formula is C22H14N2. The number of aromatic nitrogens is 2. The first-order chi connectivity index (χ1) is 11.9. The van der Waals surface area contributed by atoms with Crippen LogP contribution in [0.1, 0.15) is 0 Å². The molecule has 0 atom stereocenters. The highest BCUT2D eigenvalue weighted by Gasteiger charge is 2.07. The van der Waals surface area contributed by atoms with Gasteiger partial charge in [-0.3, -0.25) is 0 Å². The van der Waals surface area contributed by atoms with E-state index in [0.29, 0.717) is 0 Å². The molecule has 0 fully saturated rings. The highest BCUT2D eigenvalue weighted by molar-refractivity contribution is 6.06. The fourth-order valence-corrected chi connectivity index (χ4v) is 3.19. The Morgan fingerprint density at radius 3 is 2.12 bits per heavy atom. The van der Waals surface area contributed by atoms with E-state index in [2.05, 4.69) is 54.6 Å². The maximum atomic E-state index is 4.92. The Bertz CT molecular complexity index is 1190. The Hall–Kier alpha value is -3.26. The van der Waals surface area contributed by atoms with Gasteiger partial charge in [-0.15, -0.1) is 0 Å². The number of hydrogen-bond acceptors (Lipinski definition) is 2. The Balaban J connectivity index is 1.86. The molecule has 3 aromatic carbocycles. The maximum absolute atomic E-state index is 4.92. The van der Waals surface area contributed by atoms with Crippen LogP contribution >= 0.6 is 0 Å². The minimum absolute atomic E-state index is 0.958. The molecule has 112 valence electrons. The number of rotatable bonds is 1. The van der Waals surface area contributed by atoms with E-state index in [-0.39, 0.29) is 0 Å². The SMILES string of the molecule is c1ccc(-c2ccc3ccc4cc5ccccc5nc4c3n2)cc1. The first-order valence-electron chi connectivity index (χ1n) is 8.03. The van der Waals surface area contributed by atoms with Gasteiger partial charge in [0.1, 0.15) is 0 Å². The van der Waals surface area contributed by atoms with Gasteiger partial charge in [-0.2, -0.15) is 0 Å². The molecule has 5 aromatic rings. The van der Waals surface area contributed by atoms with Crippen molar-refractivity contribution in [1.29, 1.82) is 0 Å². The molecule has 0 spiro atoms. The Labute approximate surface area is 139 Å². The van der Waals surface area contributed by atoms with Crippen LogP contribution in [0.4, 0.5) is 0 Å². The molecule has 0 saturated heterocycles. The van der Waals surface area contributed by atoms with Gasteiger partial charge in [0, 0.05) is 21.7 Å². The number of nitrogens with zero attached hydrogens (tertiary/aromatic N) is 2. The van der Waals surface area contributed by atoms with Crippen LogP contribution in [-0.4, -0.2) is 9.97 Å². The van der Waals surface area contributed by atoms with E-state index in [4.69, 9.17) is 9.97 Å². The minimum Gasteiger partial charge on any atom is -0.245 e. The summed E-state index contributed by atoms with van der Waals surface area (Å²) in [6.45, 7) is 0. The molecule has 0 aliphatic rings. The lowest BCUT2D eigenvalue weighted by atomic mass is 10.1. The molecular weight excluding hydrogens is 292 g/mol. The molecule has 2 heteroatoms. The van der Waals surface area contributed by atoms with Crippen molar-refractivity contribution in [3.63, 3.8) is 0 Å². The van der Waals surface area contributed by atoms with Crippen LogP contribution < -0.4 is 0 Å². The van der Waals surface area contributed by atoms with E-state index >= 15 is 0 Å². The third kappa shape index (κ3) is 2.04. The first-order valence-corrected chi connectivity index (χ1v) is 8.03. The Morgan fingerprint density at radius 1 is 0.500 bits per heavy atom. The lowest BCUT2D eigenvalue weighted by Gasteiger charge is -2.07. The third-order valence-electron chi connectivity index (χ3n) is 4.42. The normalized spacial score (nSPS) is 11.3. The van der Waals surface area contributed by atoms with E-state index in [1.807, 2.05) is 30.3 Å². The van der Waals surface area contributed by atoms with E-state index in [0.717, 1.165) is 44.0 Å². The average molecular weight is 306 g/mol. The van der Waals surface area contributed by atoms with E-state index in [1.165, 1.54) is 0 Å². The first kappa shape index (κ1) is 13.2. The number of fused-ring (bicyclic) bond motifs is 4. The minimum atomic E-state index is 0.958. The molecule has 0 bridgehead atoms. The van der Waals surface area contributed by atoms with Crippen LogP contribution in [0.25, 0.3) is 44.0 Å². The molecule has 2 aromatic heterocycles. The summed E-state index contributed by atoms with van der Waals surface area (Å²) < 4.78 is 0. The third-order valence-corrected chi connectivity index (χ3v) is 4.42. The fraction of sp³-hybridized carbons (Fsp3) is 0. The molecule has 0 radical (unpaired) electrons. The van der Waals surface area contributed by atoms with Crippen LogP contribution in [0.2, 0.25) is 0 Å². The largest absolute Gasteiger partial charge is 0.245 e. The summed E-state index contributed by atoms with van der Waals surface area (Å²) in [4.78, 5) is 9.80. The molecule has 24 heavy (non-hydrogen) atoms. The maximum Gasteiger partial charge on any atom is 0.0972 e. The standard InChI is InChI=1S/C22H14N2/c1-2-6-15(7-3-1)20-13-12-16-10-11-18-14-17-8-4-5-9-19(17)23-22(18)21(16)24-20/h1-14H. The molecule has 0 unspecified atom stereocenters. The second-order valence-corrected chi connectivity index (χ2v) is 5.95. The molecule has 0 aliphatic heterocycles. The van der Waals surface area contributed by atoms with Gasteiger partial charge in [0.2, 0.25) is 0 Å². The highest BCUT2D eigenvalue weighted by Crippen LogP contribution is 2.28. The van der Waals surface area contributed by atoms with Crippen LogP contribution in [0.15, 0.2) is 84.9 Å². The number of pyridine rings is 2. The van der Waals surface area contributed by atoms with Crippen LogP contribution in [0.5, 0.6) is 0 Å². The zero-order chi connectivity index (χ0) is 15.9. The summed E-state index contributed by atoms with van der Waals surface area (Å²) in [6.07, 6.45) is 0. The average Bonchev–Trinajstić information content (AvgIpc) is 2.66. The molecule has 0 amide bonds. The second kappa shape index (κ2) is 5.14. The second-order valence-electron chi connectivity index (χ2n) is 5.95. The van der Waals surface area contributed by atoms with Gasteiger partial charge in [-0.05, 0) is 18.2 Å². The summed E-state index contributed by atoms with van der Waals surface area (Å²) in [5, 5.41) is 3.40.